The Balaban J connectivity index is 1.84. The third-order valence-corrected chi connectivity index (χ3v) is 8.03. The smallest absolute Gasteiger partial charge is 0.267 e. The third kappa shape index (κ3) is 4.30. The molecular weight excluding hydrogens is 440 g/mol. The second-order valence-electron chi connectivity index (χ2n) is 7.31. The molecule has 1 aromatic heterocycles. The minimum atomic E-state index is -4.03. The van der Waals surface area contributed by atoms with E-state index in [-0.39, 0.29) is 9.77 Å². The molecule has 0 saturated heterocycles. The number of nitrogens with zero attached hydrogens (tertiary/aromatic N) is 1. The van der Waals surface area contributed by atoms with Gasteiger partial charge in [-0.25, -0.2) is 8.42 Å². The molecule has 5 nitrogen and oxygen atoms in total. The zero-order valence-corrected chi connectivity index (χ0v) is 19.3. The summed E-state index contributed by atoms with van der Waals surface area (Å²) in [6.45, 7) is 1.91. The second-order valence-corrected chi connectivity index (χ2v) is 10.1. The van der Waals surface area contributed by atoms with Gasteiger partial charge in [0.2, 0.25) is 0 Å². The summed E-state index contributed by atoms with van der Waals surface area (Å²) in [7, 11) is -2.52. The number of thiophene rings is 1. The van der Waals surface area contributed by atoms with E-state index in [0.717, 1.165) is 22.5 Å². The Morgan fingerprint density at radius 1 is 0.906 bits per heavy atom. The number of anilines is 2. The van der Waals surface area contributed by atoms with Gasteiger partial charge in [0.15, 0.2) is 0 Å². The van der Waals surface area contributed by atoms with Gasteiger partial charge >= 0.3 is 0 Å². The fourth-order valence-corrected chi connectivity index (χ4v) is 6.23. The van der Waals surface area contributed by atoms with E-state index >= 15 is 0 Å². The van der Waals surface area contributed by atoms with Gasteiger partial charge in [-0.05, 0) is 42.3 Å². The van der Waals surface area contributed by atoms with Gasteiger partial charge < -0.3 is 5.32 Å². The van der Waals surface area contributed by atoms with Gasteiger partial charge in [0.25, 0.3) is 15.9 Å². The lowest BCUT2D eigenvalue weighted by molar-refractivity contribution is 0.102. The van der Waals surface area contributed by atoms with Gasteiger partial charge in [-0.1, -0.05) is 60.7 Å². The van der Waals surface area contributed by atoms with Gasteiger partial charge in [-0.2, -0.15) is 0 Å². The van der Waals surface area contributed by atoms with Gasteiger partial charge in [-0.3, -0.25) is 9.10 Å². The lowest BCUT2D eigenvalue weighted by Gasteiger charge is -2.21. The molecule has 0 aliphatic rings. The Kier molecular flexibility index (Phi) is 6.12. The van der Waals surface area contributed by atoms with E-state index in [0.29, 0.717) is 16.9 Å². The van der Waals surface area contributed by atoms with Crippen LogP contribution in [0, 0.1) is 6.92 Å². The first-order chi connectivity index (χ1) is 15.4. The van der Waals surface area contributed by atoms with Crippen molar-refractivity contribution in [3.05, 3.63) is 101 Å². The summed E-state index contributed by atoms with van der Waals surface area (Å²) < 4.78 is 28.9. The molecule has 3 aromatic carbocycles. The number of nitrogens with one attached hydrogen (secondary N) is 1. The predicted octanol–water partition coefficient (Wildman–Crippen LogP) is 5.80. The minimum Gasteiger partial charge on any atom is -0.321 e. The fraction of sp³-hybridized carbons (Fsp3) is 0.0800. The molecule has 162 valence electrons. The molecule has 0 aliphatic carbocycles. The maximum absolute atomic E-state index is 13.8. The number of benzene rings is 3. The van der Waals surface area contributed by atoms with E-state index < -0.39 is 15.9 Å². The average Bonchev–Trinajstić information content (AvgIpc) is 3.26. The van der Waals surface area contributed by atoms with E-state index in [4.69, 9.17) is 0 Å². The van der Waals surface area contributed by atoms with Crippen molar-refractivity contribution in [2.24, 2.45) is 0 Å². The van der Waals surface area contributed by atoms with Gasteiger partial charge in [0, 0.05) is 23.7 Å². The van der Waals surface area contributed by atoms with Crippen LogP contribution in [0.5, 0.6) is 0 Å². The minimum absolute atomic E-state index is 0.00568. The summed E-state index contributed by atoms with van der Waals surface area (Å²) in [4.78, 5) is 13.3. The highest BCUT2D eigenvalue weighted by atomic mass is 32.2. The fourth-order valence-electron chi connectivity index (χ4n) is 3.39. The van der Waals surface area contributed by atoms with E-state index in [1.807, 2.05) is 67.6 Å². The molecule has 1 N–H and O–H groups in total. The average molecular weight is 463 g/mol. The lowest BCUT2D eigenvalue weighted by Crippen LogP contribution is -2.28. The van der Waals surface area contributed by atoms with E-state index in [1.165, 1.54) is 11.4 Å². The third-order valence-electron chi connectivity index (χ3n) is 5.05. The Labute approximate surface area is 192 Å². The zero-order valence-electron chi connectivity index (χ0n) is 17.6. The van der Waals surface area contributed by atoms with Crippen molar-refractivity contribution < 1.29 is 13.2 Å². The van der Waals surface area contributed by atoms with E-state index in [9.17, 15) is 13.2 Å². The molecule has 1 amide bonds. The Hall–Kier alpha value is -3.42. The molecule has 0 aliphatic heterocycles. The van der Waals surface area contributed by atoms with Crippen LogP contribution in [0.4, 0.5) is 11.4 Å². The van der Waals surface area contributed by atoms with Crippen LogP contribution >= 0.6 is 11.3 Å². The molecule has 0 atom stereocenters. The van der Waals surface area contributed by atoms with Crippen molar-refractivity contribution in [1.29, 1.82) is 0 Å². The van der Waals surface area contributed by atoms with Crippen molar-refractivity contribution in [2.75, 3.05) is 16.7 Å². The zero-order chi connectivity index (χ0) is 22.7. The van der Waals surface area contributed by atoms with Crippen molar-refractivity contribution in [2.45, 2.75) is 11.8 Å². The van der Waals surface area contributed by atoms with Crippen LogP contribution in [0.15, 0.2) is 95.2 Å². The standard InChI is InChI=1S/C25H22N2O3S2/c1-18-10-9-15-21(16-18)27(2)32(29,30)24-22(19-11-5-3-6-12-19)17-31-23(24)25(28)26-20-13-7-4-8-14-20/h3-17H,1-2H3,(H,26,28). The summed E-state index contributed by atoms with van der Waals surface area (Å²) in [6.07, 6.45) is 0. The number of para-hydroxylation sites is 1. The summed E-state index contributed by atoms with van der Waals surface area (Å²) in [5.41, 5.74) is 3.32. The molecule has 0 fully saturated rings. The highest BCUT2D eigenvalue weighted by Crippen LogP contribution is 2.38. The summed E-state index contributed by atoms with van der Waals surface area (Å²) in [5, 5.41) is 4.54. The molecule has 7 heteroatoms. The molecular formula is C25H22N2O3S2. The van der Waals surface area contributed by atoms with Crippen molar-refractivity contribution >= 4 is 38.6 Å². The first-order valence-corrected chi connectivity index (χ1v) is 12.3. The molecule has 32 heavy (non-hydrogen) atoms. The normalized spacial score (nSPS) is 11.2. The first kappa shape index (κ1) is 21.8. The van der Waals surface area contributed by atoms with E-state index in [2.05, 4.69) is 5.32 Å². The van der Waals surface area contributed by atoms with Crippen LogP contribution in [-0.2, 0) is 10.0 Å². The van der Waals surface area contributed by atoms with Crippen molar-refractivity contribution in [3.8, 4) is 11.1 Å². The van der Waals surface area contributed by atoms with Crippen LogP contribution < -0.4 is 9.62 Å². The topological polar surface area (TPSA) is 66.5 Å². The second kappa shape index (κ2) is 8.98. The van der Waals surface area contributed by atoms with Gasteiger partial charge in [-0.15, -0.1) is 11.3 Å². The number of sulfonamides is 1. The van der Waals surface area contributed by atoms with Crippen molar-refractivity contribution in [3.63, 3.8) is 0 Å². The summed E-state index contributed by atoms with van der Waals surface area (Å²) >= 11 is 1.12. The first-order valence-electron chi connectivity index (χ1n) is 9.97. The van der Waals surface area contributed by atoms with Crippen molar-refractivity contribution in [1.82, 2.24) is 0 Å². The van der Waals surface area contributed by atoms with Crippen LogP contribution in [0.25, 0.3) is 11.1 Å². The SMILES string of the molecule is Cc1cccc(N(C)S(=O)(=O)c2c(-c3ccccc3)csc2C(=O)Nc2ccccc2)c1. The quantitative estimate of drug-likeness (QED) is 0.394. The highest BCUT2D eigenvalue weighted by molar-refractivity contribution is 7.93. The maximum Gasteiger partial charge on any atom is 0.267 e. The summed E-state index contributed by atoms with van der Waals surface area (Å²) in [5.74, 6) is -0.459. The van der Waals surface area contributed by atoms with Gasteiger partial charge in [0.1, 0.15) is 9.77 Å². The molecule has 0 unspecified atom stereocenters. The largest absolute Gasteiger partial charge is 0.321 e. The Morgan fingerprint density at radius 2 is 1.56 bits per heavy atom. The monoisotopic (exact) mass is 462 g/mol. The van der Waals surface area contributed by atoms with Crippen LogP contribution in [0.3, 0.4) is 0 Å². The maximum atomic E-state index is 13.8. The number of carbonyl (C=O) groups is 1. The van der Waals surface area contributed by atoms with Crippen LogP contribution in [-0.4, -0.2) is 21.4 Å². The van der Waals surface area contributed by atoms with Crippen LogP contribution in [0.2, 0.25) is 0 Å². The van der Waals surface area contributed by atoms with Crippen LogP contribution in [0.1, 0.15) is 15.2 Å². The number of amides is 1. The molecule has 0 radical (unpaired) electrons. The molecule has 1 heterocycles. The molecule has 0 bridgehead atoms. The number of carbonyl (C=O) groups excluding carboxylic acids is 1. The number of hydrogen-bond donors (Lipinski definition) is 1. The number of aryl methyl sites for hydroxylation is 1. The number of rotatable bonds is 6. The highest BCUT2D eigenvalue weighted by Gasteiger charge is 2.32. The Bertz CT molecular complexity index is 1350. The lowest BCUT2D eigenvalue weighted by atomic mass is 10.1. The Morgan fingerprint density at radius 3 is 2.22 bits per heavy atom. The molecule has 0 spiro atoms. The molecule has 0 saturated carbocycles. The number of hydrogen-bond acceptors (Lipinski definition) is 4. The molecule has 4 aromatic rings. The van der Waals surface area contributed by atoms with E-state index in [1.54, 1.807) is 29.6 Å². The summed E-state index contributed by atoms with van der Waals surface area (Å²) in [6, 6.07) is 25.5. The van der Waals surface area contributed by atoms with Gasteiger partial charge in [0.05, 0.1) is 5.69 Å². The molecule has 4 rings (SSSR count). The predicted molar refractivity (Wildman–Crippen MR) is 131 cm³/mol.